The minimum atomic E-state index is -0.305. The summed E-state index contributed by atoms with van der Waals surface area (Å²) in [5, 5.41) is 0. The number of nitrogen functional groups attached to an aromatic ring is 1. The number of rotatable bonds is 6. The van der Waals surface area contributed by atoms with Crippen molar-refractivity contribution < 1.29 is 9.13 Å². The Morgan fingerprint density at radius 2 is 2.06 bits per heavy atom. The van der Waals surface area contributed by atoms with Crippen molar-refractivity contribution >= 4 is 5.69 Å². The highest BCUT2D eigenvalue weighted by atomic mass is 19.1. The standard InChI is InChI=1S/C13H20FNO/c1-10(2)4-3-5-16-9-11-6-12(14)8-13(15)7-11/h6-8,10H,3-5,9,15H2,1-2H3. The molecule has 0 saturated heterocycles. The SMILES string of the molecule is CC(C)CCCOCc1cc(N)cc(F)c1. The lowest BCUT2D eigenvalue weighted by Gasteiger charge is -2.07. The van der Waals surface area contributed by atoms with Gasteiger partial charge in [0.05, 0.1) is 6.61 Å². The van der Waals surface area contributed by atoms with E-state index in [-0.39, 0.29) is 5.82 Å². The Morgan fingerprint density at radius 3 is 2.69 bits per heavy atom. The summed E-state index contributed by atoms with van der Waals surface area (Å²) in [6.45, 7) is 5.52. The summed E-state index contributed by atoms with van der Waals surface area (Å²) in [4.78, 5) is 0. The molecule has 0 aliphatic carbocycles. The van der Waals surface area contributed by atoms with Crippen molar-refractivity contribution in [1.82, 2.24) is 0 Å². The maximum atomic E-state index is 13.0. The second-order valence-corrected chi connectivity index (χ2v) is 4.48. The first-order chi connectivity index (χ1) is 7.58. The zero-order valence-corrected chi connectivity index (χ0v) is 10.0. The quantitative estimate of drug-likeness (QED) is 0.595. The van der Waals surface area contributed by atoms with Crippen LogP contribution in [0, 0.1) is 11.7 Å². The zero-order valence-electron chi connectivity index (χ0n) is 10.0. The van der Waals surface area contributed by atoms with Gasteiger partial charge in [-0.2, -0.15) is 0 Å². The van der Waals surface area contributed by atoms with Gasteiger partial charge in [-0.15, -0.1) is 0 Å². The van der Waals surface area contributed by atoms with Crippen LogP contribution in [-0.4, -0.2) is 6.61 Å². The van der Waals surface area contributed by atoms with E-state index >= 15 is 0 Å². The molecule has 90 valence electrons. The number of hydrogen-bond acceptors (Lipinski definition) is 2. The van der Waals surface area contributed by atoms with E-state index in [0.29, 0.717) is 24.8 Å². The lowest BCUT2D eigenvalue weighted by atomic mass is 10.1. The molecule has 0 aromatic heterocycles. The largest absolute Gasteiger partial charge is 0.399 e. The topological polar surface area (TPSA) is 35.2 Å². The van der Waals surface area contributed by atoms with Crippen LogP contribution >= 0.6 is 0 Å². The van der Waals surface area contributed by atoms with E-state index in [1.807, 2.05) is 0 Å². The van der Waals surface area contributed by atoms with Crippen LogP contribution in [0.4, 0.5) is 10.1 Å². The number of hydrogen-bond donors (Lipinski definition) is 1. The Balaban J connectivity index is 2.26. The average Bonchev–Trinajstić information content (AvgIpc) is 2.15. The maximum Gasteiger partial charge on any atom is 0.125 e. The highest BCUT2D eigenvalue weighted by Crippen LogP contribution is 2.12. The van der Waals surface area contributed by atoms with Gasteiger partial charge < -0.3 is 10.5 Å². The Bertz CT molecular complexity index is 305. The van der Waals surface area contributed by atoms with Crippen molar-refractivity contribution in [2.24, 2.45) is 5.92 Å². The monoisotopic (exact) mass is 225 g/mol. The van der Waals surface area contributed by atoms with E-state index in [0.717, 1.165) is 18.4 Å². The first-order valence-electron chi connectivity index (χ1n) is 5.70. The predicted molar refractivity (Wildman–Crippen MR) is 64.5 cm³/mol. The second kappa shape index (κ2) is 6.48. The average molecular weight is 225 g/mol. The molecule has 0 heterocycles. The first-order valence-corrected chi connectivity index (χ1v) is 5.70. The van der Waals surface area contributed by atoms with Crippen molar-refractivity contribution in [3.63, 3.8) is 0 Å². The van der Waals surface area contributed by atoms with E-state index < -0.39 is 0 Å². The van der Waals surface area contributed by atoms with E-state index in [1.54, 1.807) is 6.07 Å². The highest BCUT2D eigenvalue weighted by Gasteiger charge is 1.99. The zero-order chi connectivity index (χ0) is 12.0. The van der Waals surface area contributed by atoms with Crippen LogP contribution < -0.4 is 5.73 Å². The Morgan fingerprint density at radius 1 is 1.31 bits per heavy atom. The van der Waals surface area contributed by atoms with Gasteiger partial charge in [0.15, 0.2) is 0 Å². The molecule has 0 atom stereocenters. The van der Waals surface area contributed by atoms with Gasteiger partial charge in [-0.1, -0.05) is 13.8 Å². The Kier molecular flexibility index (Phi) is 5.26. The number of anilines is 1. The second-order valence-electron chi connectivity index (χ2n) is 4.48. The van der Waals surface area contributed by atoms with Gasteiger partial charge in [0, 0.05) is 12.3 Å². The van der Waals surface area contributed by atoms with Crippen molar-refractivity contribution in [3.8, 4) is 0 Å². The number of benzene rings is 1. The molecule has 0 aliphatic heterocycles. The van der Waals surface area contributed by atoms with Crippen LogP contribution in [0.2, 0.25) is 0 Å². The van der Waals surface area contributed by atoms with Gasteiger partial charge in [0.1, 0.15) is 5.82 Å². The molecule has 0 bridgehead atoms. The summed E-state index contributed by atoms with van der Waals surface area (Å²) in [6.07, 6.45) is 2.20. The Hall–Kier alpha value is -1.09. The minimum Gasteiger partial charge on any atom is -0.399 e. The summed E-state index contributed by atoms with van der Waals surface area (Å²) >= 11 is 0. The Labute approximate surface area is 96.6 Å². The lowest BCUT2D eigenvalue weighted by molar-refractivity contribution is 0.114. The summed E-state index contributed by atoms with van der Waals surface area (Å²) in [7, 11) is 0. The predicted octanol–water partition coefficient (Wildman–Crippen LogP) is 3.36. The first kappa shape index (κ1) is 13.0. The fourth-order valence-corrected chi connectivity index (χ4v) is 1.54. The van der Waals surface area contributed by atoms with Crippen molar-refractivity contribution in [2.45, 2.75) is 33.3 Å². The van der Waals surface area contributed by atoms with E-state index in [9.17, 15) is 4.39 Å². The lowest BCUT2D eigenvalue weighted by Crippen LogP contribution is -1.99. The summed E-state index contributed by atoms with van der Waals surface area (Å²) < 4.78 is 18.4. The van der Waals surface area contributed by atoms with Crippen LogP contribution in [0.3, 0.4) is 0 Å². The van der Waals surface area contributed by atoms with Gasteiger partial charge in [0.2, 0.25) is 0 Å². The molecule has 0 radical (unpaired) electrons. The van der Waals surface area contributed by atoms with E-state index in [2.05, 4.69) is 13.8 Å². The van der Waals surface area contributed by atoms with Crippen molar-refractivity contribution in [2.75, 3.05) is 12.3 Å². The number of ether oxygens (including phenoxy) is 1. The van der Waals surface area contributed by atoms with Gasteiger partial charge in [-0.05, 0) is 42.5 Å². The van der Waals surface area contributed by atoms with E-state index in [4.69, 9.17) is 10.5 Å². The van der Waals surface area contributed by atoms with Crippen LogP contribution in [0.1, 0.15) is 32.3 Å². The normalized spacial score (nSPS) is 11.0. The molecular formula is C13H20FNO. The van der Waals surface area contributed by atoms with Crippen LogP contribution in [0.5, 0.6) is 0 Å². The fourth-order valence-electron chi connectivity index (χ4n) is 1.54. The van der Waals surface area contributed by atoms with Gasteiger partial charge in [0.25, 0.3) is 0 Å². The molecule has 0 aliphatic rings. The third-order valence-corrected chi connectivity index (χ3v) is 2.32. The molecule has 0 amide bonds. The molecule has 0 saturated carbocycles. The summed E-state index contributed by atoms with van der Waals surface area (Å²) in [6, 6.07) is 4.51. The highest BCUT2D eigenvalue weighted by molar-refractivity contribution is 5.41. The summed E-state index contributed by atoms with van der Waals surface area (Å²) in [5.74, 6) is 0.397. The molecule has 0 unspecified atom stereocenters. The maximum absolute atomic E-state index is 13.0. The fraction of sp³-hybridized carbons (Fsp3) is 0.538. The third kappa shape index (κ3) is 5.12. The van der Waals surface area contributed by atoms with Crippen LogP contribution in [0.25, 0.3) is 0 Å². The minimum absolute atomic E-state index is 0.305. The van der Waals surface area contributed by atoms with Crippen molar-refractivity contribution in [3.05, 3.63) is 29.6 Å². The smallest absolute Gasteiger partial charge is 0.125 e. The molecule has 1 aromatic rings. The summed E-state index contributed by atoms with van der Waals surface area (Å²) in [5.41, 5.74) is 6.77. The molecule has 2 N–H and O–H groups in total. The molecular weight excluding hydrogens is 205 g/mol. The molecule has 16 heavy (non-hydrogen) atoms. The van der Waals surface area contributed by atoms with Gasteiger partial charge >= 0.3 is 0 Å². The van der Waals surface area contributed by atoms with Crippen LogP contribution in [-0.2, 0) is 11.3 Å². The molecule has 0 spiro atoms. The number of nitrogens with two attached hydrogens (primary N) is 1. The van der Waals surface area contributed by atoms with E-state index in [1.165, 1.54) is 12.1 Å². The van der Waals surface area contributed by atoms with Gasteiger partial charge in [-0.25, -0.2) is 4.39 Å². The molecule has 0 fully saturated rings. The molecule has 2 nitrogen and oxygen atoms in total. The molecule has 1 aromatic carbocycles. The third-order valence-electron chi connectivity index (χ3n) is 2.32. The molecule has 3 heteroatoms. The number of halogens is 1. The van der Waals surface area contributed by atoms with Gasteiger partial charge in [-0.3, -0.25) is 0 Å². The van der Waals surface area contributed by atoms with Crippen molar-refractivity contribution in [1.29, 1.82) is 0 Å². The van der Waals surface area contributed by atoms with Crippen LogP contribution in [0.15, 0.2) is 18.2 Å². The molecule has 1 rings (SSSR count).